The molecule has 33 heteroatoms. The van der Waals surface area contributed by atoms with Crippen LogP contribution < -0.4 is 47.7 Å². The number of imide groups is 1. The zero-order chi connectivity index (χ0) is 75.0. The first-order chi connectivity index (χ1) is 49.9. The number of hydrogen-bond donors (Lipinski definition) is 9. The summed E-state index contributed by atoms with van der Waals surface area (Å²) in [6.45, 7) is 6.24. The number of alkyl carbamates (subject to hydrolysis) is 1. The third-order valence-electron chi connectivity index (χ3n) is 16.9. The van der Waals surface area contributed by atoms with Crippen molar-refractivity contribution < 1.29 is 91.4 Å². The number of carboxylic acid groups (broad SMARTS) is 1. The molecule has 0 saturated carbocycles. The number of imidazole rings is 1. The van der Waals surface area contributed by atoms with E-state index >= 15 is 0 Å². The Hall–Kier alpha value is -10.9. The van der Waals surface area contributed by atoms with Crippen LogP contribution in [0, 0.1) is 12.8 Å². The van der Waals surface area contributed by atoms with Crippen LogP contribution in [0.5, 0.6) is 11.5 Å². The second-order valence-electron chi connectivity index (χ2n) is 24.8. The molecular formula is C71H86ClN13O19. The lowest BCUT2D eigenvalue weighted by Crippen LogP contribution is -2.54. The van der Waals surface area contributed by atoms with Crippen molar-refractivity contribution in [3.05, 3.63) is 137 Å². The number of aryl methyl sites for hydroxylation is 1. The summed E-state index contributed by atoms with van der Waals surface area (Å²) in [5.41, 5.74) is 15.2. The molecule has 2 aliphatic rings. The number of halogens is 1. The number of primary amides is 1. The van der Waals surface area contributed by atoms with E-state index in [-0.39, 0.29) is 152 Å². The molecule has 2 aromatic heterocycles. The van der Waals surface area contributed by atoms with Gasteiger partial charge in [0.2, 0.25) is 11.8 Å². The smallest absolute Gasteiger partial charge is 0.415 e. The van der Waals surface area contributed by atoms with Crippen LogP contribution in [-0.4, -0.2) is 217 Å². The van der Waals surface area contributed by atoms with E-state index in [0.29, 0.717) is 52.1 Å². The predicted molar refractivity (Wildman–Crippen MR) is 380 cm³/mol. The molecule has 104 heavy (non-hydrogen) atoms. The van der Waals surface area contributed by atoms with Crippen LogP contribution in [-0.2, 0) is 54.3 Å². The van der Waals surface area contributed by atoms with Gasteiger partial charge in [-0.05, 0) is 116 Å². The van der Waals surface area contributed by atoms with E-state index in [1.54, 1.807) is 84.1 Å². The second-order valence-corrected chi connectivity index (χ2v) is 25.1. The normalized spacial score (nSPS) is 14.0. The first-order valence-corrected chi connectivity index (χ1v) is 34.2. The number of aliphatic carboxylic acids is 1. The van der Waals surface area contributed by atoms with Crippen molar-refractivity contribution in [1.82, 2.24) is 40.0 Å². The van der Waals surface area contributed by atoms with Gasteiger partial charge in [0.15, 0.2) is 0 Å². The van der Waals surface area contributed by atoms with Crippen molar-refractivity contribution in [2.45, 2.75) is 83.5 Å². The molecule has 556 valence electrons. The number of aromatic hydroxyl groups is 1. The number of nitrogens with zero attached hydrogens (tertiary/aromatic N) is 6. The number of phenols is 1. The SMILES string of the molecule is Cc1cccc2c(OC(=O)N(CCCC[C@H](N)C(=O)O)CCN(C)C(=O)OCc3ccc(NC(=O)[C@H](CCCNC(N)=O)NC(=O)[C@@H](NC(=O)OCCOCCOCCOCCN4C(=O)C=CC4=O)C(C)C)cc3)cc3c(c12)[C@H](CCl)CN3C(=O)c1cn2cc(NC(=O)c3ccc(O)cc3)ccc2n1. The summed E-state index contributed by atoms with van der Waals surface area (Å²) in [4.78, 5) is 152. The predicted octanol–water partition coefficient (Wildman–Crippen LogP) is 5.99. The Balaban J connectivity index is 0.844. The van der Waals surface area contributed by atoms with Gasteiger partial charge in [-0.2, -0.15) is 0 Å². The number of anilines is 3. The van der Waals surface area contributed by atoms with Gasteiger partial charge in [0.25, 0.3) is 23.6 Å². The third-order valence-corrected chi connectivity index (χ3v) is 17.3. The van der Waals surface area contributed by atoms with Gasteiger partial charge >= 0.3 is 30.3 Å². The number of rotatable bonds is 38. The molecule has 6 aromatic rings. The number of nitrogens with two attached hydrogens (primary N) is 2. The summed E-state index contributed by atoms with van der Waals surface area (Å²) in [5, 5.41) is 33.7. The standard InChI is InChI=1S/C71H86ClN13O19/c1-43(2)62(80-69(96)102-36-35-101-34-33-100-32-31-99-30-29-84-58(87)23-24-59(84)88)65(91)79-53(12-8-25-75-68(74)95)64(90)76-48-17-13-45(14-18-48)42-103-70(97)81(4)27-28-82(26-6-5-11-52(73)67(93)94)71(98)104-56-37-55-61(60-44(3)9-7-10-51(56)60)47(38-72)39-85(55)66(92)54-41-83-40-49(19-22-57(83)78-54)77-63(89)46-15-20-50(86)21-16-46/h7,9-10,13-24,37,40-41,43,47,52-53,62,86H,5-6,8,11-12,25-36,38-39,42,73H2,1-4H3,(H,76,90)(H,77,89)(H,79,91)(H,80,96)(H,93,94)(H3,74,75,95)/t47-,52+,53+,62+/m1/s1. The molecule has 11 N–H and O–H groups in total. The fourth-order valence-corrected chi connectivity index (χ4v) is 11.5. The summed E-state index contributed by atoms with van der Waals surface area (Å²) < 4.78 is 35.1. The molecule has 0 fully saturated rings. The first kappa shape index (κ1) is 78.8. The molecule has 8 rings (SSSR count). The Morgan fingerprint density at radius 2 is 1.43 bits per heavy atom. The van der Waals surface area contributed by atoms with Gasteiger partial charge in [0.1, 0.15) is 54.2 Å². The minimum atomic E-state index is -1.17. The van der Waals surface area contributed by atoms with Crippen molar-refractivity contribution in [2.75, 3.05) is 114 Å². The number of aromatic nitrogens is 2. The maximum atomic E-state index is 14.7. The van der Waals surface area contributed by atoms with Crippen molar-refractivity contribution >= 4 is 111 Å². The van der Waals surface area contributed by atoms with Gasteiger partial charge in [0.05, 0.1) is 57.6 Å². The van der Waals surface area contributed by atoms with Crippen LogP contribution in [0.1, 0.15) is 89.4 Å². The van der Waals surface area contributed by atoms with Gasteiger partial charge in [-0.25, -0.2) is 24.2 Å². The maximum Gasteiger partial charge on any atom is 0.415 e. The molecule has 0 aliphatic carbocycles. The Kier molecular flexibility index (Phi) is 29.1. The van der Waals surface area contributed by atoms with Gasteiger partial charge in [-0.1, -0.05) is 44.2 Å². The van der Waals surface area contributed by atoms with Crippen LogP contribution in [0.25, 0.3) is 16.4 Å². The molecule has 4 atom stereocenters. The van der Waals surface area contributed by atoms with Crippen LogP contribution in [0.15, 0.2) is 109 Å². The van der Waals surface area contributed by atoms with E-state index in [0.717, 1.165) is 21.4 Å². The topological polar surface area (TPSA) is 426 Å². The van der Waals surface area contributed by atoms with E-state index < -0.39 is 78.0 Å². The Morgan fingerprint density at radius 1 is 0.750 bits per heavy atom. The van der Waals surface area contributed by atoms with Gasteiger partial charge in [-0.15, -0.1) is 11.6 Å². The van der Waals surface area contributed by atoms with E-state index in [1.807, 2.05) is 19.1 Å². The molecule has 32 nitrogen and oxygen atoms in total. The van der Waals surface area contributed by atoms with Gasteiger partial charge in [-0.3, -0.25) is 38.5 Å². The number of carboxylic acids is 1. The highest BCUT2D eigenvalue weighted by Crippen LogP contribution is 2.47. The van der Waals surface area contributed by atoms with Crippen molar-refractivity contribution in [3.8, 4) is 11.5 Å². The fourth-order valence-electron chi connectivity index (χ4n) is 11.3. The van der Waals surface area contributed by atoms with Crippen LogP contribution in [0.4, 0.5) is 36.2 Å². The molecule has 0 spiro atoms. The number of carbonyl (C=O) groups is 11. The number of amides is 11. The molecular weight excluding hydrogens is 1370 g/mol. The molecule has 0 bridgehead atoms. The van der Waals surface area contributed by atoms with Crippen molar-refractivity contribution in [1.29, 1.82) is 0 Å². The fraction of sp³-hybridized carbons (Fsp3) is 0.408. The average molecular weight is 1460 g/mol. The Bertz CT molecular complexity index is 4080. The van der Waals surface area contributed by atoms with E-state index in [2.05, 4.69) is 31.6 Å². The minimum Gasteiger partial charge on any atom is -0.508 e. The summed E-state index contributed by atoms with van der Waals surface area (Å²) >= 11 is 6.67. The number of alkyl halides is 1. The first-order valence-electron chi connectivity index (χ1n) is 33.7. The average Bonchev–Trinajstić information content (AvgIpc) is 1.55. The number of pyridine rings is 1. The van der Waals surface area contributed by atoms with Crippen molar-refractivity contribution in [3.63, 3.8) is 0 Å². The lowest BCUT2D eigenvalue weighted by atomic mass is 9.92. The van der Waals surface area contributed by atoms with E-state index in [9.17, 15) is 63.0 Å². The Morgan fingerprint density at radius 3 is 2.11 bits per heavy atom. The number of hydrogen-bond acceptors (Lipinski definition) is 20. The molecule has 11 amide bonds. The number of nitrogens with one attached hydrogen (secondary N) is 5. The largest absolute Gasteiger partial charge is 0.508 e. The van der Waals surface area contributed by atoms with Gasteiger partial charge < -0.3 is 95.8 Å². The lowest BCUT2D eigenvalue weighted by Gasteiger charge is -2.26. The second kappa shape index (κ2) is 38.4. The summed E-state index contributed by atoms with van der Waals surface area (Å²) in [6, 6.07) is 18.3. The number of urea groups is 1. The molecule has 4 heterocycles. The number of unbranched alkanes of at least 4 members (excludes halogenated alkanes) is 1. The minimum absolute atomic E-state index is 0.0128. The van der Waals surface area contributed by atoms with E-state index in [1.165, 1.54) is 53.3 Å². The molecule has 2 aliphatic heterocycles. The highest BCUT2D eigenvalue weighted by molar-refractivity contribution is 6.19. The molecule has 4 aromatic carbocycles. The lowest BCUT2D eigenvalue weighted by molar-refractivity contribution is -0.139. The highest BCUT2D eigenvalue weighted by atomic mass is 35.5. The summed E-state index contributed by atoms with van der Waals surface area (Å²) in [7, 11) is 1.48. The molecule has 0 radical (unpaired) electrons. The number of carbonyl (C=O) groups excluding carboxylic acids is 10. The maximum absolute atomic E-state index is 14.7. The van der Waals surface area contributed by atoms with Crippen LogP contribution in [0.3, 0.4) is 0 Å². The zero-order valence-electron chi connectivity index (χ0n) is 58.0. The number of fused-ring (bicyclic) bond motifs is 4. The summed E-state index contributed by atoms with van der Waals surface area (Å²) in [6.07, 6.45) is 4.09. The highest BCUT2D eigenvalue weighted by Gasteiger charge is 2.38. The number of benzene rings is 4. The zero-order valence-corrected chi connectivity index (χ0v) is 58.7. The van der Waals surface area contributed by atoms with Gasteiger partial charge in [0, 0.05) is 98.8 Å². The quantitative estimate of drug-likeness (QED) is 0.0122. The molecule has 0 saturated heterocycles. The third kappa shape index (κ3) is 22.3. The monoisotopic (exact) mass is 1460 g/mol. The Labute approximate surface area is 603 Å². The van der Waals surface area contributed by atoms with Crippen LogP contribution >= 0.6 is 11.6 Å². The van der Waals surface area contributed by atoms with Crippen molar-refractivity contribution in [2.24, 2.45) is 17.4 Å². The summed E-state index contributed by atoms with van der Waals surface area (Å²) in [5.74, 6) is -4.69. The number of likely N-dealkylation sites (N-methyl/N-ethyl adjacent to an activating group) is 1. The molecule has 0 unspecified atom stereocenters. The van der Waals surface area contributed by atoms with E-state index in [4.69, 9.17) is 51.5 Å². The van der Waals surface area contributed by atoms with Crippen LogP contribution in [0.2, 0.25) is 0 Å². The number of ether oxygens (including phenoxy) is 6. The number of phenolic OH excluding ortho intramolecular Hbond substituents is 1.